The number of hydrogen-bond acceptors (Lipinski definition) is 6. The van der Waals surface area contributed by atoms with Crippen molar-refractivity contribution in [1.29, 1.82) is 0 Å². The number of benzene rings is 3. The van der Waals surface area contributed by atoms with Crippen molar-refractivity contribution in [3.05, 3.63) is 82.3 Å². The first-order valence-corrected chi connectivity index (χ1v) is 18.4. The van der Waals surface area contributed by atoms with Crippen LogP contribution in [0, 0.1) is 0 Å². The number of sulfonamides is 1. The van der Waals surface area contributed by atoms with Gasteiger partial charge < -0.3 is 15.0 Å². The van der Waals surface area contributed by atoms with Gasteiger partial charge >= 0.3 is 0 Å². The van der Waals surface area contributed by atoms with E-state index in [1.807, 2.05) is 6.26 Å². The maximum atomic E-state index is 14.3. The molecule has 242 valence electrons. The fraction of sp³-hybridized carbons (Fsp3) is 0.394. The summed E-state index contributed by atoms with van der Waals surface area (Å²) in [6, 6.07) is 17.2. The average molecular weight is 693 g/mol. The van der Waals surface area contributed by atoms with Crippen LogP contribution >= 0.6 is 35.0 Å². The number of carbonyl (C=O) groups excluding carboxylic acids is 2. The number of para-hydroxylation sites is 2. The zero-order chi connectivity index (χ0) is 32.6. The molecule has 1 aliphatic rings. The van der Waals surface area contributed by atoms with Crippen LogP contribution in [0.15, 0.2) is 76.5 Å². The molecule has 0 radical (unpaired) electrons. The lowest BCUT2D eigenvalue weighted by Crippen LogP contribution is -2.53. The smallest absolute Gasteiger partial charge is 0.264 e. The number of carbonyl (C=O) groups is 2. The molecule has 0 heterocycles. The summed E-state index contributed by atoms with van der Waals surface area (Å²) in [7, 11) is -4.26. The Kier molecular flexibility index (Phi) is 12.5. The number of thioether (sulfide) groups is 1. The summed E-state index contributed by atoms with van der Waals surface area (Å²) in [5, 5.41) is 3.76. The predicted molar refractivity (Wildman–Crippen MR) is 182 cm³/mol. The van der Waals surface area contributed by atoms with Crippen LogP contribution in [0.3, 0.4) is 0 Å². The number of hydrogen-bond donors (Lipinski definition) is 1. The fourth-order valence-electron chi connectivity index (χ4n) is 5.33. The number of nitrogens with one attached hydrogen (secondary N) is 1. The molecule has 0 aliphatic heterocycles. The molecule has 0 aromatic heterocycles. The fourth-order valence-corrected chi connectivity index (χ4v) is 7.68. The summed E-state index contributed by atoms with van der Waals surface area (Å²) in [5.41, 5.74) is 0.667. The van der Waals surface area contributed by atoms with Crippen LogP contribution in [0.25, 0.3) is 0 Å². The van der Waals surface area contributed by atoms with Crippen molar-refractivity contribution in [3.8, 4) is 5.75 Å². The maximum Gasteiger partial charge on any atom is 0.264 e. The van der Waals surface area contributed by atoms with Gasteiger partial charge in [0.2, 0.25) is 11.8 Å². The van der Waals surface area contributed by atoms with Crippen LogP contribution in [0.2, 0.25) is 10.0 Å². The average Bonchev–Trinajstić information content (AvgIpc) is 3.04. The van der Waals surface area contributed by atoms with Gasteiger partial charge in [0.15, 0.2) is 0 Å². The molecule has 1 unspecified atom stereocenters. The summed E-state index contributed by atoms with van der Waals surface area (Å²) in [6.07, 6.45) is 6.84. The summed E-state index contributed by atoms with van der Waals surface area (Å²) in [6.45, 7) is 3.02. The highest BCUT2D eigenvalue weighted by Gasteiger charge is 2.35. The molecule has 8 nitrogen and oxygen atoms in total. The van der Waals surface area contributed by atoms with Crippen molar-refractivity contribution in [1.82, 2.24) is 10.2 Å². The van der Waals surface area contributed by atoms with Gasteiger partial charge in [-0.2, -0.15) is 0 Å². The van der Waals surface area contributed by atoms with Gasteiger partial charge in [-0.05, 0) is 81.5 Å². The quantitative estimate of drug-likeness (QED) is 0.191. The Morgan fingerprint density at radius 3 is 2.24 bits per heavy atom. The van der Waals surface area contributed by atoms with Gasteiger partial charge in [-0.1, -0.05) is 60.7 Å². The molecule has 2 amide bonds. The first kappa shape index (κ1) is 34.9. The van der Waals surface area contributed by atoms with Crippen molar-refractivity contribution in [2.45, 2.75) is 74.4 Å². The van der Waals surface area contributed by atoms with Crippen LogP contribution in [-0.2, 0) is 26.2 Å². The van der Waals surface area contributed by atoms with Crippen LogP contribution in [0.5, 0.6) is 5.75 Å². The Labute approximate surface area is 280 Å². The number of halogens is 2. The van der Waals surface area contributed by atoms with Crippen molar-refractivity contribution in [3.63, 3.8) is 0 Å². The van der Waals surface area contributed by atoms with Crippen LogP contribution in [-0.4, -0.2) is 56.6 Å². The number of ether oxygens (including phenoxy) is 1. The molecule has 0 spiro atoms. The highest BCUT2D eigenvalue weighted by atomic mass is 35.5. The van der Waals surface area contributed by atoms with E-state index in [0.29, 0.717) is 21.4 Å². The number of nitrogens with zero attached hydrogens (tertiary/aromatic N) is 2. The topological polar surface area (TPSA) is 96.0 Å². The molecule has 4 rings (SSSR count). The van der Waals surface area contributed by atoms with Gasteiger partial charge in [-0.15, -0.1) is 11.8 Å². The van der Waals surface area contributed by atoms with Gasteiger partial charge in [-0.3, -0.25) is 13.9 Å². The molecule has 1 atom stereocenters. The lowest BCUT2D eigenvalue weighted by molar-refractivity contribution is -0.139. The molecule has 45 heavy (non-hydrogen) atoms. The van der Waals surface area contributed by atoms with E-state index in [1.165, 1.54) is 28.8 Å². The van der Waals surface area contributed by atoms with Gasteiger partial charge in [0.25, 0.3) is 10.0 Å². The summed E-state index contributed by atoms with van der Waals surface area (Å²) in [5.74, 6) is -0.621. The van der Waals surface area contributed by atoms with E-state index in [4.69, 9.17) is 27.9 Å². The maximum absolute atomic E-state index is 14.3. The van der Waals surface area contributed by atoms with E-state index in [0.717, 1.165) is 41.3 Å². The first-order valence-electron chi connectivity index (χ1n) is 15.0. The van der Waals surface area contributed by atoms with Gasteiger partial charge in [0.1, 0.15) is 18.3 Å². The van der Waals surface area contributed by atoms with Crippen molar-refractivity contribution < 1.29 is 22.7 Å². The highest BCUT2D eigenvalue weighted by Crippen LogP contribution is 2.34. The minimum atomic E-state index is -4.26. The van der Waals surface area contributed by atoms with E-state index >= 15 is 0 Å². The molecule has 3 aromatic carbocycles. The Morgan fingerprint density at radius 1 is 0.978 bits per heavy atom. The second kappa shape index (κ2) is 16.1. The zero-order valence-corrected chi connectivity index (χ0v) is 28.8. The summed E-state index contributed by atoms with van der Waals surface area (Å²) in [4.78, 5) is 30.2. The standard InChI is InChI=1S/C33H39Cl2N3O5S2/c1-4-43-31-16-9-8-15-30(31)38(45(41,42)26-19-17-25(44-3)18-20-26)22-32(39)37(21-27-28(34)13-10-14-29(27)35)23(2)33(40)36-24-11-6-5-7-12-24/h8-10,13-20,23-24H,4-7,11-12,21-22H2,1-3H3,(H,36,40). The normalized spacial score (nSPS) is 14.4. The molecule has 1 N–H and O–H groups in total. The molecular formula is C33H39Cl2N3O5S2. The molecule has 12 heteroatoms. The van der Waals surface area contributed by atoms with Crippen LogP contribution in [0.4, 0.5) is 5.69 Å². The highest BCUT2D eigenvalue weighted by molar-refractivity contribution is 7.98. The third kappa shape index (κ3) is 8.67. The molecular weight excluding hydrogens is 653 g/mol. The Hall–Kier alpha value is -2.92. The van der Waals surface area contributed by atoms with E-state index in [1.54, 1.807) is 68.4 Å². The minimum absolute atomic E-state index is 0.0168. The van der Waals surface area contributed by atoms with Crippen LogP contribution < -0.4 is 14.4 Å². The summed E-state index contributed by atoms with van der Waals surface area (Å²) < 4.78 is 35.3. The molecule has 1 aliphatic carbocycles. The van der Waals surface area contributed by atoms with Gasteiger partial charge in [0, 0.05) is 33.1 Å². The van der Waals surface area contributed by atoms with Crippen LogP contribution in [0.1, 0.15) is 51.5 Å². The number of anilines is 1. The number of rotatable bonds is 13. The minimum Gasteiger partial charge on any atom is -0.492 e. The Morgan fingerprint density at radius 2 is 1.62 bits per heavy atom. The monoisotopic (exact) mass is 691 g/mol. The van der Waals surface area contributed by atoms with Crippen molar-refractivity contribution in [2.75, 3.05) is 23.7 Å². The van der Waals surface area contributed by atoms with E-state index in [9.17, 15) is 18.0 Å². The SMILES string of the molecule is CCOc1ccccc1N(CC(=O)N(Cc1c(Cl)cccc1Cl)C(C)C(=O)NC1CCCCC1)S(=O)(=O)c1ccc(SC)cc1. The second-order valence-corrected chi connectivity index (χ2v) is 14.4. The molecule has 1 fully saturated rings. The van der Waals surface area contributed by atoms with Gasteiger partial charge in [0.05, 0.1) is 17.2 Å². The number of amides is 2. The van der Waals surface area contributed by atoms with Crippen molar-refractivity contribution in [2.24, 2.45) is 0 Å². The largest absolute Gasteiger partial charge is 0.492 e. The van der Waals surface area contributed by atoms with Crippen molar-refractivity contribution >= 4 is 62.5 Å². The molecule has 1 saturated carbocycles. The molecule has 3 aromatic rings. The van der Waals surface area contributed by atoms with E-state index in [-0.39, 0.29) is 35.7 Å². The molecule has 0 saturated heterocycles. The summed E-state index contributed by atoms with van der Waals surface area (Å²) >= 11 is 14.5. The van der Waals surface area contributed by atoms with Gasteiger partial charge in [-0.25, -0.2) is 8.42 Å². The van der Waals surface area contributed by atoms with E-state index < -0.39 is 28.5 Å². The predicted octanol–water partition coefficient (Wildman–Crippen LogP) is 7.18. The first-order chi connectivity index (χ1) is 21.6. The lowest BCUT2D eigenvalue weighted by Gasteiger charge is -2.34. The second-order valence-electron chi connectivity index (χ2n) is 10.8. The third-order valence-electron chi connectivity index (χ3n) is 7.87. The zero-order valence-electron chi connectivity index (χ0n) is 25.7. The Bertz CT molecular complexity index is 1560. The Balaban J connectivity index is 1.75. The molecule has 0 bridgehead atoms. The third-order valence-corrected chi connectivity index (χ3v) is 11.1. The van der Waals surface area contributed by atoms with E-state index in [2.05, 4.69) is 5.32 Å². The lowest BCUT2D eigenvalue weighted by atomic mass is 9.95.